The van der Waals surface area contributed by atoms with Crippen LogP contribution in [0.4, 0.5) is 0 Å². The van der Waals surface area contributed by atoms with Crippen molar-refractivity contribution in [1.82, 2.24) is 5.32 Å². The Bertz CT molecular complexity index is 544. The molecule has 0 saturated carbocycles. The molecule has 0 aromatic carbocycles. The van der Waals surface area contributed by atoms with Gasteiger partial charge in [0.05, 0.1) is 4.34 Å². The van der Waals surface area contributed by atoms with E-state index in [1.807, 2.05) is 11.3 Å². The Labute approximate surface area is 121 Å². The molecule has 2 aromatic heterocycles. The van der Waals surface area contributed by atoms with E-state index in [2.05, 4.69) is 29.8 Å². The molecule has 0 radical (unpaired) electrons. The highest BCUT2D eigenvalue weighted by atomic mass is 35.5. The van der Waals surface area contributed by atoms with Gasteiger partial charge in [-0.05, 0) is 54.8 Å². The largest absolute Gasteiger partial charge is 0.305 e. The first-order valence-corrected chi connectivity index (χ1v) is 8.36. The van der Waals surface area contributed by atoms with E-state index >= 15 is 0 Å². The van der Waals surface area contributed by atoms with E-state index in [1.54, 1.807) is 11.3 Å². The van der Waals surface area contributed by atoms with Crippen molar-refractivity contribution in [3.63, 3.8) is 0 Å². The number of hydrogen-bond donors (Lipinski definition) is 1. The van der Waals surface area contributed by atoms with E-state index in [0.717, 1.165) is 10.9 Å². The Morgan fingerprint density at radius 1 is 1.50 bits per heavy atom. The van der Waals surface area contributed by atoms with Gasteiger partial charge in [0, 0.05) is 22.3 Å². The lowest BCUT2D eigenvalue weighted by Gasteiger charge is -2.23. The van der Waals surface area contributed by atoms with Crippen LogP contribution in [0.5, 0.6) is 0 Å². The van der Waals surface area contributed by atoms with Crippen LogP contribution in [-0.2, 0) is 13.0 Å². The molecule has 18 heavy (non-hydrogen) atoms. The van der Waals surface area contributed by atoms with E-state index in [1.165, 1.54) is 40.1 Å². The molecule has 0 aliphatic heterocycles. The van der Waals surface area contributed by atoms with Crippen LogP contribution in [0.25, 0.3) is 0 Å². The van der Waals surface area contributed by atoms with E-state index in [9.17, 15) is 0 Å². The highest BCUT2D eigenvalue weighted by molar-refractivity contribution is 7.16. The topological polar surface area (TPSA) is 12.0 Å². The normalized spacial score (nSPS) is 18.9. The van der Waals surface area contributed by atoms with Crippen molar-refractivity contribution in [3.8, 4) is 0 Å². The highest BCUT2D eigenvalue weighted by Gasteiger charge is 2.22. The summed E-state index contributed by atoms with van der Waals surface area (Å²) in [7, 11) is 0. The van der Waals surface area contributed by atoms with Gasteiger partial charge < -0.3 is 5.32 Å². The van der Waals surface area contributed by atoms with Crippen LogP contribution in [0, 0.1) is 6.92 Å². The van der Waals surface area contributed by atoms with Gasteiger partial charge in [0.15, 0.2) is 0 Å². The third-order valence-electron chi connectivity index (χ3n) is 3.56. The molecular formula is C14H16ClNS2. The summed E-state index contributed by atoms with van der Waals surface area (Å²) in [6.45, 7) is 3.16. The molecule has 0 spiro atoms. The molecule has 1 unspecified atom stereocenters. The van der Waals surface area contributed by atoms with Gasteiger partial charge in [-0.1, -0.05) is 11.6 Å². The fraction of sp³-hybridized carbons (Fsp3) is 0.429. The van der Waals surface area contributed by atoms with Crippen molar-refractivity contribution in [2.24, 2.45) is 0 Å². The van der Waals surface area contributed by atoms with Crippen LogP contribution in [0.3, 0.4) is 0 Å². The minimum absolute atomic E-state index is 0.485. The van der Waals surface area contributed by atoms with Crippen molar-refractivity contribution >= 4 is 34.3 Å². The van der Waals surface area contributed by atoms with Gasteiger partial charge in [0.25, 0.3) is 0 Å². The fourth-order valence-corrected chi connectivity index (χ4v) is 4.78. The Hall–Kier alpha value is -0.350. The van der Waals surface area contributed by atoms with Gasteiger partial charge in [-0.2, -0.15) is 0 Å². The number of aryl methyl sites for hydroxylation is 2. The van der Waals surface area contributed by atoms with Crippen molar-refractivity contribution < 1.29 is 0 Å². The van der Waals surface area contributed by atoms with E-state index in [0.29, 0.717) is 6.04 Å². The van der Waals surface area contributed by atoms with Crippen LogP contribution < -0.4 is 5.32 Å². The van der Waals surface area contributed by atoms with Crippen LogP contribution in [0.15, 0.2) is 17.5 Å². The van der Waals surface area contributed by atoms with Crippen molar-refractivity contribution in [2.75, 3.05) is 0 Å². The van der Waals surface area contributed by atoms with E-state index < -0.39 is 0 Å². The third kappa shape index (κ3) is 2.50. The van der Waals surface area contributed by atoms with Gasteiger partial charge in [-0.25, -0.2) is 0 Å². The molecule has 2 aromatic rings. The van der Waals surface area contributed by atoms with Crippen LogP contribution in [0.1, 0.15) is 39.8 Å². The van der Waals surface area contributed by atoms with E-state index in [-0.39, 0.29) is 0 Å². The maximum absolute atomic E-state index is 6.13. The first kappa shape index (κ1) is 12.7. The average molecular weight is 298 g/mol. The van der Waals surface area contributed by atoms with Crippen LogP contribution >= 0.6 is 34.3 Å². The summed E-state index contributed by atoms with van der Waals surface area (Å²) in [5, 5.41) is 5.86. The summed E-state index contributed by atoms with van der Waals surface area (Å²) in [6.07, 6.45) is 3.69. The number of fused-ring (bicyclic) bond motifs is 1. The molecule has 1 N–H and O–H groups in total. The second kappa shape index (κ2) is 5.33. The standard InChI is InChI=1S/C14H16ClNS2/c1-9-5-6-17-13(9)8-16-11-3-2-4-12-10(11)7-14(15)18-12/h5-7,11,16H,2-4,8H2,1H3. The molecule has 2 heterocycles. The second-order valence-corrected chi connectivity index (χ2v) is 7.55. The molecule has 1 aliphatic rings. The average Bonchev–Trinajstić information content (AvgIpc) is 2.91. The molecule has 0 amide bonds. The summed E-state index contributed by atoms with van der Waals surface area (Å²) >= 11 is 9.72. The number of nitrogens with one attached hydrogen (secondary N) is 1. The predicted octanol–water partition coefficient (Wildman–Crippen LogP) is 4.94. The van der Waals surface area contributed by atoms with Gasteiger partial charge in [0.1, 0.15) is 0 Å². The minimum Gasteiger partial charge on any atom is -0.305 e. The summed E-state index contributed by atoms with van der Waals surface area (Å²) in [5.74, 6) is 0. The Balaban J connectivity index is 1.73. The maximum atomic E-state index is 6.13. The molecule has 3 rings (SSSR count). The molecule has 0 bridgehead atoms. The predicted molar refractivity (Wildman–Crippen MR) is 80.9 cm³/mol. The van der Waals surface area contributed by atoms with Crippen molar-refractivity contribution in [1.29, 1.82) is 0 Å². The lowest BCUT2D eigenvalue weighted by atomic mass is 9.94. The van der Waals surface area contributed by atoms with Gasteiger partial charge in [-0.15, -0.1) is 22.7 Å². The van der Waals surface area contributed by atoms with Crippen LogP contribution in [-0.4, -0.2) is 0 Å². The number of rotatable bonds is 3. The quantitative estimate of drug-likeness (QED) is 0.846. The molecular weight excluding hydrogens is 282 g/mol. The summed E-state index contributed by atoms with van der Waals surface area (Å²) in [6, 6.07) is 4.83. The molecule has 0 saturated heterocycles. The summed E-state index contributed by atoms with van der Waals surface area (Å²) in [5.41, 5.74) is 2.83. The lowest BCUT2D eigenvalue weighted by molar-refractivity contribution is 0.464. The molecule has 96 valence electrons. The first-order chi connectivity index (χ1) is 8.74. The molecule has 1 nitrogen and oxygen atoms in total. The lowest BCUT2D eigenvalue weighted by Crippen LogP contribution is -2.23. The number of hydrogen-bond acceptors (Lipinski definition) is 3. The molecule has 1 atom stereocenters. The maximum Gasteiger partial charge on any atom is 0.0934 e. The third-order valence-corrected chi connectivity index (χ3v) is 5.92. The summed E-state index contributed by atoms with van der Waals surface area (Å²) in [4.78, 5) is 2.93. The van der Waals surface area contributed by atoms with Gasteiger partial charge >= 0.3 is 0 Å². The molecule has 0 fully saturated rings. The van der Waals surface area contributed by atoms with Crippen molar-refractivity contribution in [3.05, 3.63) is 42.7 Å². The van der Waals surface area contributed by atoms with Crippen LogP contribution in [0.2, 0.25) is 4.34 Å². The Morgan fingerprint density at radius 2 is 2.39 bits per heavy atom. The fourth-order valence-electron chi connectivity index (χ4n) is 2.53. The Morgan fingerprint density at radius 3 is 3.17 bits per heavy atom. The second-order valence-electron chi connectivity index (χ2n) is 4.78. The zero-order chi connectivity index (χ0) is 12.5. The Kier molecular flexibility index (Phi) is 3.76. The monoisotopic (exact) mass is 297 g/mol. The molecule has 1 aliphatic carbocycles. The minimum atomic E-state index is 0.485. The summed E-state index contributed by atoms with van der Waals surface area (Å²) < 4.78 is 0.931. The smallest absolute Gasteiger partial charge is 0.0934 e. The molecule has 4 heteroatoms. The zero-order valence-corrected chi connectivity index (χ0v) is 12.7. The zero-order valence-electron chi connectivity index (χ0n) is 10.3. The first-order valence-electron chi connectivity index (χ1n) is 6.28. The van der Waals surface area contributed by atoms with E-state index in [4.69, 9.17) is 11.6 Å². The van der Waals surface area contributed by atoms with Crippen molar-refractivity contribution in [2.45, 2.75) is 38.8 Å². The highest BCUT2D eigenvalue weighted by Crippen LogP contribution is 2.38. The van der Waals surface area contributed by atoms with Gasteiger partial charge in [-0.3, -0.25) is 0 Å². The SMILES string of the molecule is Cc1ccsc1CNC1CCCc2sc(Cl)cc21. The van der Waals surface area contributed by atoms with Gasteiger partial charge in [0.2, 0.25) is 0 Å². The number of halogens is 1. The number of thiophene rings is 2.